The molecule has 3 rings (SSSR count). The number of pyridine rings is 1. The van der Waals surface area contributed by atoms with Crippen molar-refractivity contribution < 1.29 is 9.53 Å². The van der Waals surface area contributed by atoms with E-state index in [1.54, 1.807) is 13.3 Å². The average molecular weight is 311 g/mol. The van der Waals surface area contributed by atoms with Crippen LogP contribution in [0.2, 0.25) is 0 Å². The van der Waals surface area contributed by atoms with Crippen LogP contribution in [-0.2, 0) is 0 Å². The minimum Gasteiger partial charge on any atom is -0.495 e. The molecule has 23 heavy (non-hydrogen) atoms. The van der Waals surface area contributed by atoms with Crippen LogP contribution in [0.3, 0.4) is 0 Å². The standard InChI is InChI=1S/C18H21N3O2/c1-23-17-8-4-3-7-16(17)20-18(22)14-11-15(13-19-12-14)21-9-5-2-6-10-21/h3-4,7-8,11-13H,2,5-6,9-10H2,1H3,(H,20,22). The molecule has 120 valence electrons. The van der Waals surface area contributed by atoms with Gasteiger partial charge in [-0.1, -0.05) is 12.1 Å². The lowest BCUT2D eigenvalue weighted by Crippen LogP contribution is -2.29. The highest BCUT2D eigenvalue weighted by molar-refractivity contribution is 6.05. The Morgan fingerprint density at radius 2 is 1.96 bits per heavy atom. The Labute approximate surface area is 136 Å². The quantitative estimate of drug-likeness (QED) is 0.941. The summed E-state index contributed by atoms with van der Waals surface area (Å²) < 4.78 is 5.26. The fraction of sp³-hybridized carbons (Fsp3) is 0.333. The van der Waals surface area contributed by atoms with Crippen LogP contribution in [0.4, 0.5) is 11.4 Å². The Balaban J connectivity index is 1.77. The molecule has 1 aliphatic heterocycles. The molecule has 5 nitrogen and oxygen atoms in total. The molecule has 0 unspecified atom stereocenters. The number of carbonyl (C=O) groups excluding carboxylic acids is 1. The number of hydrogen-bond donors (Lipinski definition) is 1. The summed E-state index contributed by atoms with van der Waals surface area (Å²) >= 11 is 0. The zero-order valence-electron chi connectivity index (χ0n) is 13.3. The maximum absolute atomic E-state index is 12.5. The van der Waals surface area contributed by atoms with Crippen molar-refractivity contribution in [1.82, 2.24) is 4.98 Å². The van der Waals surface area contributed by atoms with Crippen LogP contribution >= 0.6 is 0 Å². The van der Waals surface area contributed by atoms with Gasteiger partial charge in [0.05, 0.1) is 30.2 Å². The Bertz CT molecular complexity index is 681. The van der Waals surface area contributed by atoms with Crippen LogP contribution in [-0.4, -0.2) is 31.1 Å². The smallest absolute Gasteiger partial charge is 0.257 e. The number of carbonyl (C=O) groups is 1. The first-order valence-corrected chi connectivity index (χ1v) is 7.92. The molecule has 0 aliphatic carbocycles. The second kappa shape index (κ2) is 7.13. The molecule has 1 aliphatic rings. The third-order valence-corrected chi connectivity index (χ3v) is 4.06. The number of methoxy groups -OCH3 is 1. The molecular formula is C18H21N3O2. The SMILES string of the molecule is COc1ccccc1NC(=O)c1cncc(N2CCCCC2)c1. The van der Waals surface area contributed by atoms with E-state index in [2.05, 4.69) is 15.2 Å². The van der Waals surface area contributed by atoms with Crippen LogP contribution < -0.4 is 15.0 Å². The average Bonchev–Trinajstić information content (AvgIpc) is 2.63. The summed E-state index contributed by atoms with van der Waals surface area (Å²) in [5.41, 5.74) is 2.22. The number of rotatable bonds is 4. The van der Waals surface area contributed by atoms with Gasteiger partial charge in [-0.2, -0.15) is 0 Å². The van der Waals surface area contributed by atoms with Crippen molar-refractivity contribution in [1.29, 1.82) is 0 Å². The van der Waals surface area contributed by atoms with E-state index in [9.17, 15) is 4.79 Å². The van der Waals surface area contributed by atoms with Gasteiger partial charge in [0.1, 0.15) is 5.75 Å². The van der Waals surface area contributed by atoms with Gasteiger partial charge in [0.25, 0.3) is 5.91 Å². The number of para-hydroxylation sites is 2. The summed E-state index contributed by atoms with van der Waals surface area (Å²) in [4.78, 5) is 19.0. The Morgan fingerprint density at radius 3 is 2.74 bits per heavy atom. The highest BCUT2D eigenvalue weighted by atomic mass is 16.5. The number of amides is 1. The van der Waals surface area contributed by atoms with Gasteiger partial charge in [-0.05, 0) is 37.5 Å². The maximum atomic E-state index is 12.5. The molecule has 0 bridgehead atoms. The minimum atomic E-state index is -0.180. The normalized spacial score (nSPS) is 14.4. The van der Waals surface area contributed by atoms with Gasteiger partial charge >= 0.3 is 0 Å². The summed E-state index contributed by atoms with van der Waals surface area (Å²) in [6, 6.07) is 9.27. The summed E-state index contributed by atoms with van der Waals surface area (Å²) in [6.45, 7) is 2.05. The molecule has 0 saturated carbocycles. The number of benzene rings is 1. The van der Waals surface area contributed by atoms with Gasteiger partial charge in [0, 0.05) is 19.3 Å². The summed E-state index contributed by atoms with van der Waals surface area (Å²) in [6.07, 6.45) is 7.08. The highest BCUT2D eigenvalue weighted by Crippen LogP contribution is 2.24. The highest BCUT2D eigenvalue weighted by Gasteiger charge is 2.14. The number of piperidine rings is 1. The maximum Gasteiger partial charge on any atom is 0.257 e. The molecule has 1 fully saturated rings. The molecular weight excluding hydrogens is 290 g/mol. The van der Waals surface area contributed by atoms with Gasteiger partial charge in [-0.15, -0.1) is 0 Å². The molecule has 1 saturated heterocycles. The van der Waals surface area contributed by atoms with Gasteiger partial charge in [-0.25, -0.2) is 0 Å². The first kappa shape index (κ1) is 15.3. The lowest BCUT2D eigenvalue weighted by Gasteiger charge is -2.28. The largest absolute Gasteiger partial charge is 0.495 e. The van der Waals surface area contributed by atoms with E-state index >= 15 is 0 Å². The molecule has 1 aromatic carbocycles. The van der Waals surface area contributed by atoms with Gasteiger partial charge in [0.2, 0.25) is 0 Å². The zero-order valence-corrected chi connectivity index (χ0v) is 13.3. The van der Waals surface area contributed by atoms with E-state index in [-0.39, 0.29) is 5.91 Å². The predicted octanol–water partition coefficient (Wildman–Crippen LogP) is 3.33. The minimum absolute atomic E-state index is 0.180. The van der Waals surface area contributed by atoms with Gasteiger partial charge in [0.15, 0.2) is 0 Å². The second-order valence-corrected chi connectivity index (χ2v) is 5.63. The first-order valence-electron chi connectivity index (χ1n) is 7.92. The van der Waals surface area contributed by atoms with Crippen molar-refractivity contribution in [2.45, 2.75) is 19.3 Å². The Morgan fingerprint density at radius 1 is 1.17 bits per heavy atom. The third-order valence-electron chi connectivity index (χ3n) is 4.06. The fourth-order valence-corrected chi connectivity index (χ4v) is 2.82. The fourth-order valence-electron chi connectivity index (χ4n) is 2.82. The first-order chi connectivity index (χ1) is 11.3. The predicted molar refractivity (Wildman–Crippen MR) is 91.2 cm³/mol. The Hall–Kier alpha value is -2.56. The van der Waals surface area contributed by atoms with Crippen LogP contribution in [0, 0.1) is 0 Å². The van der Waals surface area contributed by atoms with Crippen molar-refractivity contribution in [2.75, 3.05) is 30.4 Å². The lowest BCUT2D eigenvalue weighted by atomic mass is 10.1. The van der Waals surface area contributed by atoms with Crippen molar-refractivity contribution in [3.05, 3.63) is 48.3 Å². The molecule has 5 heteroatoms. The molecule has 0 radical (unpaired) electrons. The summed E-state index contributed by atoms with van der Waals surface area (Å²) in [5, 5.41) is 2.89. The molecule has 2 heterocycles. The lowest BCUT2D eigenvalue weighted by molar-refractivity contribution is 0.102. The topological polar surface area (TPSA) is 54.5 Å². The third kappa shape index (κ3) is 3.62. The van der Waals surface area contributed by atoms with E-state index in [1.807, 2.05) is 36.5 Å². The van der Waals surface area contributed by atoms with Crippen molar-refractivity contribution >= 4 is 17.3 Å². The number of aromatic nitrogens is 1. The summed E-state index contributed by atoms with van der Waals surface area (Å²) in [5.74, 6) is 0.460. The van der Waals surface area contributed by atoms with Crippen LogP contribution in [0.25, 0.3) is 0 Å². The van der Waals surface area contributed by atoms with Crippen molar-refractivity contribution in [3.8, 4) is 5.75 Å². The number of nitrogens with zero attached hydrogens (tertiary/aromatic N) is 2. The van der Waals surface area contributed by atoms with Crippen LogP contribution in [0.5, 0.6) is 5.75 Å². The van der Waals surface area contributed by atoms with E-state index in [4.69, 9.17) is 4.74 Å². The monoisotopic (exact) mass is 311 g/mol. The van der Waals surface area contributed by atoms with Crippen LogP contribution in [0.1, 0.15) is 29.6 Å². The second-order valence-electron chi connectivity index (χ2n) is 5.63. The molecule has 1 amide bonds. The van der Waals surface area contributed by atoms with Gasteiger partial charge in [-0.3, -0.25) is 9.78 Å². The molecule has 1 aromatic heterocycles. The molecule has 1 N–H and O–H groups in total. The number of anilines is 2. The van der Waals surface area contributed by atoms with E-state index in [0.717, 1.165) is 18.8 Å². The number of hydrogen-bond acceptors (Lipinski definition) is 4. The van der Waals surface area contributed by atoms with Gasteiger partial charge < -0.3 is 15.0 Å². The van der Waals surface area contributed by atoms with E-state index < -0.39 is 0 Å². The summed E-state index contributed by atoms with van der Waals surface area (Å²) in [7, 11) is 1.59. The molecule has 0 atom stereocenters. The van der Waals surface area contributed by atoms with E-state index in [0.29, 0.717) is 17.0 Å². The molecule has 0 spiro atoms. The number of nitrogens with one attached hydrogen (secondary N) is 1. The molecule has 2 aromatic rings. The van der Waals surface area contributed by atoms with E-state index in [1.165, 1.54) is 19.3 Å². The van der Waals surface area contributed by atoms with Crippen LogP contribution in [0.15, 0.2) is 42.7 Å². The number of ether oxygens (including phenoxy) is 1. The van der Waals surface area contributed by atoms with Crippen molar-refractivity contribution in [3.63, 3.8) is 0 Å². The Kier molecular flexibility index (Phi) is 4.76. The zero-order chi connectivity index (χ0) is 16.1. The van der Waals surface area contributed by atoms with Crippen molar-refractivity contribution in [2.24, 2.45) is 0 Å².